The monoisotopic (exact) mass is 277 g/mol. The third-order valence-electron chi connectivity index (χ3n) is 3.68. The molecule has 5 nitrogen and oxygen atoms in total. The molecule has 1 rings (SSSR count). The van der Waals surface area contributed by atoms with Gasteiger partial charge in [-0.3, -0.25) is 9.59 Å². The maximum absolute atomic E-state index is 11.6. The van der Waals surface area contributed by atoms with E-state index in [9.17, 15) is 9.59 Å². The van der Waals surface area contributed by atoms with Crippen molar-refractivity contribution in [3.63, 3.8) is 0 Å². The first-order valence-electron chi connectivity index (χ1n) is 6.30. The van der Waals surface area contributed by atoms with Crippen molar-refractivity contribution in [1.82, 2.24) is 10.6 Å². The van der Waals surface area contributed by atoms with E-state index >= 15 is 0 Å². The van der Waals surface area contributed by atoms with Crippen LogP contribution in [0.4, 0.5) is 0 Å². The predicted molar refractivity (Wildman–Crippen MR) is 73.4 cm³/mol. The van der Waals surface area contributed by atoms with E-state index in [4.69, 9.17) is 5.73 Å². The van der Waals surface area contributed by atoms with Crippen LogP contribution in [0, 0.1) is 11.8 Å². The lowest BCUT2D eigenvalue weighted by Gasteiger charge is -2.34. The Balaban J connectivity index is 0.00000289. The van der Waals surface area contributed by atoms with Crippen molar-refractivity contribution in [2.45, 2.75) is 39.2 Å². The fourth-order valence-electron chi connectivity index (χ4n) is 2.29. The molecule has 0 aromatic rings. The Morgan fingerprint density at radius 1 is 1.22 bits per heavy atom. The Labute approximate surface area is 115 Å². The summed E-state index contributed by atoms with van der Waals surface area (Å²) in [5.74, 6) is 0.716. The molecule has 0 bridgehead atoms. The van der Waals surface area contributed by atoms with Gasteiger partial charge >= 0.3 is 0 Å². The molecule has 0 saturated heterocycles. The van der Waals surface area contributed by atoms with E-state index < -0.39 is 0 Å². The molecule has 3 atom stereocenters. The quantitative estimate of drug-likeness (QED) is 0.696. The summed E-state index contributed by atoms with van der Waals surface area (Å²) in [5.41, 5.74) is 5.14. The van der Waals surface area contributed by atoms with E-state index in [0.717, 1.165) is 12.8 Å². The van der Waals surface area contributed by atoms with Gasteiger partial charge in [0.05, 0.1) is 13.1 Å². The molecule has 106 valence electrons. The molecule has 0 heterocycles. The first-order chi connectivity index (χ1) is 8.04. The number of carbonyl (C=O) groups excluding carboxylic acids is 2. The highest BCUT2D eigenvalue weighted by atomic mass is 35.5. The molecule has 1 aliphatic rings. The van der Waals surface area contributed by atoms with Crippen molar-refractivity contribution in [3.05, 3.63) is 0 Å². The van der Waals surface area contributed by atoms with Crippen molar-refractivity contribution < 1.29 is 9.59 Å². The largest absolute Gasteiger partial charge is 0.352 e. The lowest BCUT2D eigenvalue weighted by Crippen LogP contribution is -2.47. The Morgan fingerprint density at radius 3 is 2.50 bits per heavy atom. The molecule has 0 aliphatic heterocycles. The summed E-state index contributed by atoms with van der Waals surface area (Å²) in [6.07, 6.45) is 3.42. The van der Waals surface area contributed by atoms with Crippen LogP contribution in [-0.4, -0.2) is 30.9 Å². The van der Waals surface area contributed by atoms with Crippen molar-refractivity contribution in [1.29, 1.82) is 0 Å². The number of hydrogen-bond acceptors (Lipinski definition) is 3. The molecule has 2 amide bonds. The van der Waals surface area contributed by atoms with Gasteiger partial charge in [-0.2, -0.15) is 0 Å². The summed E-state index contributed by atoms with van der Waals surface area (Å²) in [6, 6.07) is 0.237. The lowest BCUT2D eigenvalue weighted by molar-refractivity contribution is -0.126. The van der Waals surface area contributed by atoms with Gasteiger partial charge in [-0.15, -0.1) is 12.4 Å². The second-order valence-electron chi connectivity index (χ2n) is 4.92. The summed E-state index contributed by atoms with van der Waals surface area (Å²) < 4.78 is 0. The maximum atomic E-state index is 11.6. The minimum Gasteiger partial charge on any atom is -0.352 e. The lowest BCUT2D eigenvalue weighted by atomic mass is 9.78. The molecule has 0 radical (unpaired) electrons. The van der Waals surface area contributed by atoms with Crippen molar-refractivity contribution >= 4 is 24.2 Å². The van der Waals surface area contributed by atoms with Gasteiger partial charge in [-0.25, -0.2) is 0 Å². The minimum absolute atomic E-state index is 0. The normalized spacial score (nSPS) is 26.9. The van der Waals surface area contributed by atoms with Gasteiger partial charge in [0.15, 0.2) is 0 Å². The third-order valence-corrected chi connectivity index (χ3v) is 3.68. The van der Waals surface area contributed by atoms with Gasteiger partial charge in [0.2, 0.25) is 11.8 Å². The number of rotatable bonds is 4. The second-order valence-corrected chi connectivity index (χ2v) is 4.92. The molecule has 1 aliphatic carbocycles. The molecular formula is C12H24ClN3O2. The molecule has 0 spiro atoms. The van der Waals surface area contributed by atoms with Crippen LogP contribution in [0.1, 0.15) is 33.1 Å². The average Bonchev–Trinajstić information content (AvgIpc) is 2.32. The van der Waals surface area contributed by atoms with Gasteiger partial charge < -0.3 is 16.4 Å². The van der Waals surface area contributed by atoms with Crippen LogP contribution >= 0.6 is 12.4 Å². The molecule has 1 saturated carbocycles. The first kappa shape index (κ1) is 17.2. The zero-order valence-corrected chi connectivity index (χ0v) is 11.9. The SMILES string of the molecule is CC1CCCC(NC(=O)CNC(=O)CN)C1C.Cl. The minimum atomic E-state index is -0.301. The zero-order valence-electron chi connectivity index (χ0n) is 11.1. The summed E-state index contributed by atoms with van der Waals surface area (Å²) in [4.78, 5) is 22.5. The standard InChI is InChI=1S/C12H23N3O2.ClH/c1-8-4-3-5-10(9(8)2)15-12(17)7-14-11(16)6-13;/h8-10H,3-7,13H2,1-2H3,(H,14,16)(H,15,17);1H. The zero-order chi connectivity index (χ0) is 12.8. The Hall–Kier alpha value is -0.810. The third kappa shape index (κ3) is 5.23. The van der Waals surface area contributed by atoms with Crippen LogP contribution in [0.3, 0.4) is 0 Å². The molecule has 0 aromatic heterocycles. The summed E-state index contributed by atoms with van der Waals surface area (Å²) in [7, 11) is 0. The molecule has 1 fully saturated rings. The van der Waals surface area contributed by atoms with Crippen molar-refractivity contribution in [3.8, 4) is 0 Å². The van der Waals surface area contributed by atoms with Crippen molar-refractivity contribution in [2.24, 2.45) is 17.6 Å². The molecule has 4 N–H and O–H groups in total. The molecule has 0 aromatic carbocycles. The second kappa shape index (κ2) is 8.32. The summed E-state index contributed by atoms with van der Waals surface area (Å²) in [5, 5.41) is 5.46. The molecule has 18 heavy (non-hydrogen) atoms. The highest BCUT2D eigenvalue weighted by molar-refractivity contribution is 5.85. The van der Waals surface area contributed by atoms with Gasteiger partial charge in [-0.1, -0.05) is 26.7 Å². The van der Waals surface area contributed by atoms with Crippen LogP contribution in [0.2, 0.25) is 0 Å². The highest BCUT2D eigenvalue weighted by Gasteiger charge is 2.27. The summed E-state index contributed by atoms with van der Waals surface area (Å²) in [6.45, 7) is 4.34. The van der Waals surface area contributed by atoms with Gasteiger partial charge in [0.1, 0.15) is 0 Å². The van der Waals surface area contributed by atoms with Crippen LogP contribution in [0.15, 0.2) is 0 Å². The fourth-order valence-corrected chi connectivity index (χ4v) is 2.29. The molecule has 6 heteroatoms. The number of nitrogens with one attached hydrogen (secondary N) is 2. The number of carbonyl (C=O) groups is 2. The summed E-state index contributed by atoms with van der Waals surface area (Å²) >= 11 is 0. The van der Waals surface area contributed by atoms with Crippen LogP contribution in [-0.2, 0) is 9.59 Å². The van der Waals surface area contributed by atoms with Gasteiger partial charge in [0.25, 0.3) is 0 Å². The topological polar surface area (TPSA) is 84.2 Å². The highest BCUT2D eigenvalue weighted by Crippen LogP contribution is 2.29. The van der Waals surface area contributed by atoms with E-state index in [1.165, 1.54) is 6.42 Å². The van der Waals surface area contributed by atoms with E-state index in [1.54, 1.807) is 0 Å². The van der Waals surface area contributed by atoms with Crippen LogP contribution < -0.4 is 16.4 Å². The smallest absolute Gasteiger partial charge is 0.239 e. The predicted octanol–water partition coefficient (Wildman–Crippen LogP) is 0.424. The fraction of sp³-hybridized carbons (Fsp3) is 0.833. The first-order valence-corrected chi connectivity index (χ1v) is 6.30. The van der Waals surface area contributed by atoms with E-state index in [1.807, 2.05) is 0 Å². The van der Waals surface area contributed by atoms with Gasteiger partial charge in [0, 0.05) is 6.04 Å². The van der Waals surface area contributed by atoms with E-state index in [0.29, 0.717) is 11.8 Å². The average molecular weight is 278 g/mol. The van der Waals surface area contributed by atoms with Crippen LogP contribution in [0.25, 0.3) is 0 Å². The molecule has 3 unspecified atom stereocenters. The number of amides is 2. The Bertz CT molecular complexity index is 286. The van der Waals surface area contributed by atoms with E-state index in [2.05, 4.69) is 24.5 Å². The number of halogens is 1. The Kier molecular flexibility index (Phi) is 7.95. The number of nitrogens with two attached hydrogens (primary N) is 1. The van der Waals surface area contributed by atoms with E-state index in [-0.39, 0.29) is 43.4 Å². The Morgan fingerprint density at radius 2 is 1.89 bits per heavy atom. The maximum Gasteiger partial charge on any atom is 0.239 e. The molecular weight excluding hydrogens is 254 g/mol. The van der Waals surface area contributed by atoms with Crippen molar-refractivity contribution in [2.75, 3.05) is 13.1 Å². The number of hydrogen-bond donors (Lipinski definition) is 3. The van der Waals surface area contributed by atoms with Crippen LogP contribution in [0.5, 0.6) is 0 Å². The van der Waals surface area contributed by atoms with Gasteiger partial charge in [-0.05, 0) is 18.3 Å².